The van der Waals surface area contributed by atoms with Crippen LogP contribution in [0.2, 0.25) is 0 Å². The zero-order valence-electron chi connectivity index (χ0n) is 20.7. The van der Waals surface area contributed by atoms with Gasteiger partial charge in [0.25, 0.3) is 11.8 Å². The second-order valence-corrected chi connectivity index (χ2v) is 9.32. The highest BCUT2D eigenvalue weighted by molar-refractivity contribution is 5.92. The molecule has 1 aromatic carbocycles. The summed E-state index contributed by atoms with van der Waals surface area (Å²) >= 11 is 0. The van der Waals surface area contributed by atoms with E-state index < -0.39 is 6.10 Å². The van der Waals surface area contributed by atoms with Crippen LogP contribution in [0.15, 0.2) is 47.1 Å². The van der Waals surface area contributed by atoms with Gasteiger partial charge in [-0.25, -0.2) is 0 Å². The van der Waals surface area contributed by atoms with Crippen molar-refractivity contribution < 1.29 is 18.8 Å². The first-order valence-electron chi connectivity index (χ1n) is 11.9. The maximum absolute atomic E-state index is 13.0. The van der Waals surface area contributed by atoms with Gasteiger partial charge in [-0.15, -0.1) is 0 Å². The van der Waals surface area contributed by atoms with Crippen molar-refractivity contribution in [3.8, 4) is 0 Å². The molecule has 0 aliphatic carbocycles. The van der Waals surface area contributed by atoms with E-state index in [2.05, 4.69) is 29.3 Å². The number of aryl methyl sites for hydroxylation is 1. The molecule has 184 valence electrons. The first kappa shape index (κ1) is 24.6. The first-order valence-corrected chi connectivity index (χ1v) is 11.9. The number of pyridine rings is 1. The standard InChI is InChI=1S/C27H32N4O4/c1-17(2)12-21-13-24(30-35-21)27(33)31-11-10-22-20(16-31)14-28-18(3)23(22)15-29-26(32)25(34-4)19-8-6-5-7-9-19/h5-9,13-14,17,25H,10-12,15-16H2,1-4H3,(H,29,32)/t25-/m0/s1. The molecule has 3 heterocycles. The quantitative estimate of drug-likeness (QED) is 0.531. The van der Waals surface area contributed by atoms with Crippen LogP contribution in [0, 0.1) is 12.8 Å². The Balaban J connectivity index is 1.45. The molecular weight excluding hydrogens is 444 g/mol. The third kappa shape index (κ3) is 5.59. The molecule has 0 saturated carbocycles. The zero-order valence-corrected chi connectivity index (χ0v) is 20.7. The van der Waals surface area contributed by atoms with Crippen molar-refractivity contribution in [2.45, 2.75) is 52.8 Å². The molecular formula is C27H32N4O4. The van der Waals surface area contributed by atoms with E-state index in [0.29, 0.717) is 37.7 Å². The Morgan fingerprint density at radius 1 is 1.23 bits per heavy atom. The average Bonchev–Trinajstić information content (AvgIpc) is 3.31. The van der Waals surface area contributed by atoms with Crippen LogP contribution in [0.3, 0.4) is 0 Å². The van der Waals surface area contributed by atoms with Crippen LogP contribution < -0.4 is 5.32 Å². The predicted molar refractivity (Wildman–Crippen MR) is 131 cm³/mol. The molecule has 8 heteroatoms. The lowest BCUT2D eigenvalue weighted by molar-refractivity contribution is -0.131. The second-order valence-electron chi connectivity index (χ2n) is 9.32. The summed E-state index contributed by atoms with van der Waals surface area (Å²) in [7, 11) is 1.53. The summed E-state index contributed by atoms with van der Waals surface area (Å²) in [5.41, 5.74) is 5.12. The smallest absolute Gasteiger partial charge is 0.276 e. The molecule has 1 atom stereocenters. The summed E-state index contributed by atoms with van der Waals surface area (Å²) in [6.07, 6.45) is 2.57. The largest absolute Gasteiger partial charge is 0.367 e. The van der Waals surface area contributed by atoms with Gasteiger partial charge in [-0.3, -0.25) is 14.6 Å². The Hall–Kier alpha value is -3.52. The Kier molecular flexibility index (Phi) is 7.60. The van der Waals surface area contributed by atoms with Gasteiger partial charge in [-0.1, -0.05) is 49.3 Å². The van der Waals surface area contributed by atoms with Gasteiger partial charge in [0.05, 0.1) is 0 Å². The third-order valence-corrected chi connectivity index (χ3v) is 6.29. The molecule has 0 fully saturated rings. The molecule has 3 aromatic rings. The van der Waals surface area contributed by atoms with Gasteiger partial charge >= 0.3 is 0 Å². The Bertz CT molecular complexity index is 1190. The fraction of sp³-hybridized carbons (Fsp3) is 0.407. The maximum Gasteiger partial charge on any atom is 0.276 e. The Morgan fingerprint density at radius 2 is 2.00 bits per heavy atom. The SMILES string of the molecule is CO[C@H](C(=O)NCc1c(C)ncc2c1CCN(C(=O)c1cc(CC(C)C)on1)C2)c1ccccc1. The van der Waals surface area contributed by atoms with Gasteiger partial charge in [-0.05, 0) is 41.5 Å². The van der Waals surface area contributed by atoms with E-state index in [1.807, 2.05) is 43.5 Å². The fourth-order valence-corrected chi connectivity index (χ4v) is 4.49. The van der Waals surface area contributed by atoms with Crippen molar-refractivity contribution in [1.82, 2.24) is 20.4 Å². The van der Waals surface area contributed by atoms with Crippen molar-refractivity contribution in [2.75, 3.05) is 13.7 Å². The number of rotatable bonds is 8. The van der Waals surface area contributed by atoms with E-state index in [0.717, 1.165) is 40.1 Å². The number of hydrogen-bond donors (Lipinski definition) is 1. The van der Waals surface area contributed by atoms with Crippen LogP contribution in [-0.4, -0.2) is 40.5 Å². The lowest BCUT2D eigenvalue weighted by Gasteiger charge is -2.30. The lowest BCUT2D eigenvalue weighted by Crippen LogP contribution is -2.37. The molecule has 0 radical (unpaired) electrons. The van der Waals surface area contributed by atoms with Crippen molar-refractivity contribution >= 4 is 11.8 Å². The van der Waals surface area contributed by atoms with Crippen LogP contribution in [0.5, 0.6) is 0 Å². The van der Waals surface area contributed by atoms with Crippen molar-refractivity contribution in [3.05, 3.63) is 82.0 Å². The van der Waals surface area contributed by atoms with Crippen molar-refractivity contribution in [3.63, 3.8) is 0 Å². The number of methoxy groups -OCH3 is 1. The van der Waals surface area contributed by atoms with Crippen LogP contribution >= 0.6 is 0 Å². The number of ether oxygens (including phenoxy) is 1. The van der Waals surface area contributed by atoms with Crippen LogP contribution in [0.4, 0.5) is 0 Å². The molecule has 2 amide bonds. The number of fused-ring (bicyclic) bond motifs is 1. The zero-order chi connectivity index (χ0) is 24.9. The van der Waals surface area contributed by atoms with Gasteiger partial charge in [0.2, 0.25) is 0 Å². The number of amides is 2. The Morgan fingerprint density at radius 3 is 2.71 bits per heavy atom. The highest BCUT2D eigenvalue weighted by Gasteiger charge is 2.27. The Labute approximate surface area is 205 Å². The van der Waals surface area contributed by atoms with Gasteiger partial charge in [0, 0.05) is 51.1 Å². The van der Waals surface area contributed by atoms with Crippen molar-refractivity contribution in [1.29, 1.82) is 0 Å². The monoisotopic (exact) mass is 476 g/mol. The van der Waals surface area contributed by atoms with Crippen LogP contribution in [-0.2, 0) is 35.5 Å². The van der Waals surface area contributed by atoms with E-state index in [4.69, 9.17) is 9.26 Å². The fourth-order valence-electron chi connectivity index (χ4n) is 4.49. The topological polar surface area (TPSA) is 97.6 Å². The summed E-state index contributed by atoms with van der Waals surface area (Å²) in [5, 5.41) is 7.00. The molecule has 1 aliphatic heterocycles. The van der Waals surface area contributed by atoms with Gasteiger partial charge in [0.1, 0.15) is 5.76 Å². The van der Waals surface area contributed by atoms with E-state index in [-0.39, 0.29) is 11.8 Å². The molecule has 8 nitrogen and oxygen atoms in total. The minimum absolute atomic E-state index is 0.143. The molecule has 0 bridgehead atoms. The summed E-state index contributed by atoms with van der Waals surface area (Å²) in [4.78, 5) is 32.2. The molecule has 0 spiro atoms. The molecule has 1 N–H and O–H groups in total. The van der Waals surface area contributed by atoms with Gasteiger partial charge in [0.15, 0.2) is 11.8 Å². The van der Waals surface area contributed by atoms with Crippen LogP contribution in [0.1, 0.15) is 64.1 Å². The number of benzene rings is 1. The van der Waals surface area contributed by atoms with Gasteiger partial charge in [-0.2, -0.15) is 0 Å². The van der Waals surface area contributed by atoms with Crippen molar-refractivity contribution in [2.24, 2.45) is 5.92 Å². The normalized spacial score (nSPS) is 14.0. The van der Waals surface area contributed by atoms with E-state index in [9.17, 15) is 9.59 Å². The molecule has 35 heavy (non-hydrogen) atoms. The highest BCUT2D eigenvalue weighted by atomic mass is 16.5. The lowest BCUT2D eigenvalue weighted by atomic mass is 9.94. The molecule has 0 unspecified atom stereocenters. The molecule has 0 saturated heterocycles. The third-order valence-electron chi connectivity index (χ3n) is 6.29. The summed E-state index contributed by atoms with van der Waals surface area (Å²) in [6, 6.07) is 11.2. The maximum atomic E-state index is 13.0. The predicted octanol–water partition coefficient (Wildman–Crippen LogP) is 3.78. The van der Waals surface area contributed by atoms with E-state index in [1.165, 1.54) is 7.11 Å². The average molecular weight is 477 g/mol. The van der Waals surface area contributed by atoms with Crippen LogP contribution in [0.25, 0.3) is 0 Å². The molecule has 1 aliphatic rings. The first-order chi connectivity index (χ1) is 16.9. The minimum Gasteiger partial charge on any atom is -0.367 e. The summed E-state index contributed by atoms with van der Waals surface area (Å²) in [5.74, 6) is 0.802. The molecule has 2 aromatic heterocycles. The number of hydrogen-bond acceptors (Lipinski definition) is 6. The second kappa shape index (κ2) is 10.8. The van der Waals surface area contributed by atoms with E-state index >= 15 is 0 Å². The number of carbonyl (C=O) groups excluding carboxylic acids is 2. The summed E-state index contributed by atoms with van der Waals surface area (Å²) in [6.45, 7) is 7.49. The van der Waals surface area contributed by atoms with E-state index in [1.54, 1.807) is 11.0 Å². The number of carbonyl (C=O) groups is 2. The number of nitrogens with zero attached hydrogens (tertiary/aromatic N) is 3. The number of nitrogens with one attached hydrogen (secondary N) is 1. The minimum atomic E-state index is -0.680. The van der Waals surface area contributed by atoms with Gasteiger partial charge < -0.3 is 19.5 Å². The number of aromatic nitrogens is 2. The highest BCUT2D eigenvalue weighted by Crippen LogP contribution is 2.26. The molecule has 4 rings (SSSR count). The summed E-state index contributed by atoms with van der Waals surface area (Å²) < 4.78 is 10.8.